The molecular formula is C25H38N6. The number of aromatic nitrogens is 2. The molecule has 1 saturated carbocycles. The number of piperidine rings is 1. The van der Waals surface area contributed by atoms with Gasteiger partial charge >= 0.3 is 0 Å². The fourth-order valence-electron chi connectivity index (χ4n) is 5.59. The number of nitrogens with zero attached hydrogens (tertiary/aromatic N) is 6. The summed E-state index contributed by atoms with van der Waals surface area (Å²) in [6.45, 7) is 4.08. The monoisotopic (exact) mass is 422 g/mol. The Morgan fingerprint density at radius 2 is 1.58 bits per heavy atom. The van der Waals surface area contributed by atoms with E-state index in [-0.39, 0.29) is 0 Å². The molecule has 0 amide bonds. The maximum atomic E-state index is 9.47. The summed E-state index contributed by atoms with van der Waals surface area (Å²) < 4.78 is 4.60. The number of benzene rings is 1. The van der Waals surface area contributed by atoms with E-state index in [1.807, 2.05) is 0 Å². The average molecular weight is 423 g/mol. The highest BCUT2D eigenvalue weighted by Crippen LogP contribution is 2.30. The van der Waals surface area contributed by atoms with E-state index < -0.39 is 0 Å². The topological polar surface area (TPSA) is 52.5 Å². The lowest BCUT2D eigenvalue weighted by molar-refractivity contribution is 0.115. The molecule has 0 unspecified atom stereocenters. The van der Waals surface area contributed by atoms with Gasteiger partial charge in [0, 0.05) is 38.3 Å². The van der Waals surface area contributed by atoms with Crippen LogP contribution in [0.4, 0.5) is 0 Å². The molecule has 2 aliphatic rings. The van der Waals surface area contributed by atoms with Crippen LogP contribution < -0.4 is 5.62 Å². The largest absolute Gasteiger partial charge is 0.308 e. The highest BCUT2D eigenvalue weighted by atomic mass is 15.2. The Balaban J connectivity index is 1.59. The number of likely N-dealkylation sites (N-methyl/N-ethyl adjacent to an activating group) is 1. The molecule has 0 bridgehead atoms. The van der Waals surface area contributed by atoms with Crippen molar-refractivity contribution in [1.29, 1.82) is 5.26 Å². The molecule has 1 aromatic carbocycles. The predicted octanol–water partition coefficient (Wildman–Crippen LogP) is 4.14. The SMILES string of the molecule is CN(C)CCn1c(=NC#N)n(C2CCN(C3CCCCCCC3)CC2)c2ccccc21. The summed E-state index contributed by atoms with van der Waals surface area (Å²) in [4.78, 5) is 9.27. The van der Waals surface area contributed by atoms with Gasteiger partial charge in [-0.05, 0) is 51.9 Å². The number of fused-ring (bicyclic) bond motifs is 1. The second-order valence-corrected chi connectivity index (χ2v) is 9.59. The molecule has 2 aromatic rings. The van der Waals surface area contributed by atoms with Gasteiger partial charge in [-0.3, -0.25) is 0 Å². The standard InChI is InChI=1S/C25H38N6/c1-28(2)18-19-30-23-12-8-9-13-24(23)31(25(30)27-20-26)22-14-16-29(17-15-22)21-10-6-4-3-5-7-11-21/h8-9,12-13,21-22H,3-7,10-11,14-19H2,1-2H3. The molecule has 1 aliphatic heterocycles. The van der Waals surface area contributed by atoms with Gasteiger partial charge in [0.25, 0.3) is 0 Å². The Kier molecular flexibility index (Phi) is 7.47. The Bertz CT molecular complexity index is 947. The molecule has 31 heavy (non-hydrogen) atoms. The predicted molar refractivity (Wildman–Crippen MR) is 126 cm³/mol. The summed E-state index contributed by atoms with van der Waals surface area (Å²) in [6.07, 6.45) is 14.1. The number of nitriles is 1. The van der Waals surface area contributed by atoms with E-state index >= 15 is 0 Å². The number of para-hydroxylation sites is 2. The van der Waals surface area contributed by atoms with Crippen LogP contribution in [-0.2, 0) is 6.54 Å². The van der Waals surface area contributed by atoms with Crippen LogP contribution in [-0.4, -0.2) is 58.7 Å². The van der Waals surface area contributed by atoms with Gasteiger partial charge in [-0.15, -0.1) is 4.99 Å². The van der Waals surface area contributed by atoms with Crippen molar-refractivity contribution >= 4 is 11.0 Å². The molecule has 6 nitrogen and oxygen atoms in total. The molecule has 0 radical (unpaired) electrons. The van der Waals surface area contributed by atoms with E-state index in [1.54, 1.807) is 0 Å². The zero-order valence-electron chi connectivity index (χ0n) is 19.3. The van der Waals surface area contributed by atoms with Crippen molar-refractivity contribution in [3.8, 4) is 6.19 Å². The van der Waals surface area contributed by atoms with E-state index in [9.17, 15) is 5.26 Å². The molecule has 1 aliphatic carbocycles. The molecule has 0 N–H and O–H groups in total. The third-order valence-corrected chi connectivity index (χ3v) is 7.27. The normalized spacial score (nSPS) is 20.8. The molecule has 2 heterocycles. The Labute approximate surface area is 186 Å². The first-order valence-corrected chi connectivity index (χ1v) is 12.2. The van der Waals surface area contributed by atoms with E-state index in [0.717, 1.165) is 50.7 Å². The highest BCUT2D eigenvalue weighted by molar-refractivity contribution is 5.76. The fraction of sp³-hybridized carbons (Fsp3) is 0.680. The maximum Gasteiger partial charge on any atom is 0.221 e. The second kappa shape index (κ2) is 10.5. The molecule has 1 aromatic heterocycles. The van der Waals surface area contributed by atoms with Crippen molar-refractivity contribution < 1.29 is 0 Å². The third-order valence-electron chi connectivity index (χ3n) is 7.27. The number of likely N-dealkylation sites (tertiary alicyclic amines) is 1. The summed E-state index contributed by atoms with van der Waals surface area (Å²) >= 11 is 0. The number of rotatable bonds is 5. The van der Waals surface area contributed by atoms with Crippen LogP contribution in [0.25, 0.3) is 11.0 Å². The molecule has 6 heteroatoms. The van der Waals surface area contributed by atoms with Crippen LogP contribution in [0.5, 0.6) is 0 Å². The lowest BCUT2D eigenvalue weighted by Crippen LogP contribution is -2.43. The Morgan fingerprint density at radius 1 is 0.935 bits per heavy atom. The molecule has 0 spiro atoms. The van der Waals surface area contributed by atoms with Gasteiger partial charge in [-0.25, -0.2) is 0 Å². The van der Waals surface area contributed by atoms with Crippen molar-refractivity contribution in [1.82, 2.24) is 18.9 Å². The zero-order chi connectivity index (χ0) is 21.6. The van der Waals surface area contributed by atoms with Gasteiger partial charge in [0.05, 0.1) is 11.0 Å². The van der Waals surface area contributed by atoms with E-state index in [2.05, 4.69) is 68.5 Å². The molecule has 0 atom stereocenters. The Hall–Kier alpha value is -2.10. The average Bonchev–Trinajstić information content (AvgIpc) is 3.06. The van der Waals surface area contributed by atoms with Crippen molar-refractivity contribution in [2.75, 3.05) is 33.7 Å². The number of hydrogen-bond acceptors (Lipinski definition) is 4. The summed E-state index contributed by atoms with van der Waals surface area (Å²) in [5.41, 5.74) is 3.20. The van der Waals surface area contributed by atoms with Gasteiger partial charge in [0.2, 0.25) is 11.8 Å². The van der Waals surface area contributed by atoms with Gasteiger partial charge in [0.1, 0.15) is 0 Å². The van der Waals surface area contributed by atoms with Crippen LogP contribution in [0.15, 0.2) is 29.3 Å². The lowest BCUT2D eigenvalue weighted by atomic mass is 9.93. The van der Waals surface area contributed by atoms with E-state index in [0.29, 0.717) is 6.04 Å². The smallest absolute Gasteiger partial charge is 0.221 e. The minimum Gasteiger partial charge on any atom is -0.308 e. The van der Waals surface area contributed by atoms with Gasteiger partial charge in [-0.1, -0.05) is 44.2 Å². The maximum absolute atomic E-state index is 9.47. The lowest BCUT2D eigenvalue weighted by Gasteiger charge is -2.39. The minimum absolute atomic E-state index is 0.405. The molecule has 2 fully saturated rings. The second-order valence-electron chi connectivity index (χ2n) is 9.59. The molecule has 4 rings (SSSR count). The van der Waals surface area contributed by atoms with Crippen LogP contribution in [0.1, 0.15) is 63.8 Å². The molecule has 168 valence electrons. The van der Waals surface area contributed by atoms with Crippen molar-refractivity contribution in [2.24, 2.45) is 4.99 Å². The minimum atomic E-state index is 0.405. The zero-order valence-corrected chi connectivity index (χ0v) is 19.3. The highest BCUT2D eigenvalue weighted by Gasteiger charge is 2.28. The van der Waals surface area contributed by atoms with Gasteiger partial charge in [0.15, 0.2) is 0 Å². The van der Waals surface area contributed by atoms with Crippen LogP contribution >= 0.6 is 0 Å². The van der Waals surface area contributed by atoms with E-state index in [1.165, 1.54) is 56.0 Å². The van der Waals surface area contributed by atoms with Gasteiger partial charge in [-0.2, -0.15) is 5.26 Å². The van der Waals surface area contributed by atoms with E-state index in [4.69, 9.17) is 0 Å². The fourth-order valence-corrected chi connectivity index (χ4v) is 5.59. The van der Waals surface area contributed by atoms with Gasteiger partial charge < -0.3 is 18.9 Å². The van der Waals surface area contributed by atoms with Crippen LogP contribution in [0.3, 0.4) is 0 Å². The first-order valence-electron chi connectivity index (χ1n) is 12.2. The Morgan fingerprint density at radius 3 is 2.23 bits per heavy atom. The first-order chi connectivity index (χ1) is 15.2. The number of hydrogen-bond donors (Lipinski definition) is 0. The third kappa shape index (κ3) is 5.05. The summed E-state index contributed by atoms with van der Waals surface area (Å²) in [5.74, 6) is 0. The van der Waals surface area contributed by atoms with Crippen molar-refractivity contribution in [3.63, 3.8) is 0 Å². The summed E-state index contributed by atoms with van der Waals surface area (Å²) in [6, 6.07) is 9.74. The van der Waals surface area contributed by atoms with Crippen LogP contribution in [0, 0.1) is 11.5 Å². The number of imidazole rings is 1. The summed E-state index contributed by atoms with van der Waals surface area (Å²) in [7, 11) is 4.18. The van der Waals surface area contributed by atoms with Crippen molar-refractivity contribution in [3.05, 3.63) is 29.9 Å². The summed E-state index contributed by atoms with van der Waals surface area (Å²) in [5, 5.41) is 9.47. The molecule has 1 saturated heterocycles. The molecular weight excluding hydrogens is 384 g/mol. The van der Waals surface area contributed by atoms with Crippen molar-refractivity contribution in [2.45, 2.75) is 76.4 Å². The quantitative estimate of drug-likeness (QED) is 0.681. The first kappa shape index (κ1) is 22.1. The van der Waals surface area contributed by atoms with Crippen LogP contribution in [0.2, 0.25) is 0 Å².